The number of likely N-dealkylation sites (tertiary alicyclic amines) is 2. The Bertz CT molecular complexity index is 792. The molecule has 1 unspecified atom stereocenters. The number of nitrogens with zero attached hydrogens (tertiary/aromatic N) is 4. The minimum absolute atomic E-state index is 0.0341. The van der Waals surface area contributed by atoms with Crippen LogP contribution in [-0.4, -0.2) is 57.2 Å². The van der Waals surface area contributed by atoms with Crippen LogP contribution in [0, 0.1) is 5.92 Å². The number of rotatable bonds is 4. The second-order valence-corrected chi connectivity index (χ2v) is 7.81. The number of carbonyl (C=O) groups is 2. The Balaban J connectivity index is 1.61. The van der Waals surface area contributed by atoms with Crippen molar-refractivity contribution in [3.8, 4) is 0 Å². The van der Waals surface area contributed by atoms with Crippen LogP contribution >= 0.6 is 11.3 Å². The Morgan fingerprint density at radius 1 is 1.24 bits per heavy atom. The molecule has 2 aliphatic rings. The number of aromatic nitrogens is 2. The van der Waals surface area contributed by atoms with E-state index < -0.39 is 0 Å². The first-order chi connectivity index (χ1) is 12.1. The molecule has 4 heterocycles. The molecule has 2 N–H and O–H groups in total. The molecule has 0 spiro atoms. The fraction of sp³-hybridized carbons (Fsp3) is 0.588. The average Bonchev–Trinajstić information content (AvgIpc) is 3.33. The fourth-order valence-electron chi connectivity index (χ4n) is 3.87. The standard InChI is InChI=1S/C17H23N5O2S/c18-15(23)12-4-3-5-20(10-12)11-13-14(16(24)21-6-1-2-7-21)19-17-22(13)8-9-25-17/h8-9,12H,1-7,10-11H2,(H2,18,23). The van der Waals surface area contributed by atoms with Crippen LogP contribution < -0.4 is 5.73 Å². The van der Waals surface area contributed by atoms with Gasteiger partial charge in [0.25, 0.3) is 5.91 Å². The molecule has 8 heteroatoms. The smallest absolute Gasteiger partial charge is 0.274 e. The molecule has 0 aromatic carbocycles. The molecular formula is C17H23N5O2S. The van der Waals surface area contributed by atoms with E-state index in [9.17, 15) is 9.59 Å². The highest BCUT2D eigenvalue weighted by atomic mass is 32.1. The molecule has 134 valence electrons. The third kappa shape index (κ3) is 3.16. The van der Waals surface area contributed by atoms with Crippen molar-refractivity contribution < 1.29 is 9.59 Å². The summed E-state index contributed by atoms with van der Waals surface area (Å²) in [6.07, 6.45) is 5.91. The first-order valence-electron chi connectivity index (χ1n) is 8.89. The van der Waals surface area contributed by atoms with E-state index in [4.69, 9.17) is 5.73 Å². The van der Waals surface area contributed by atoms with Crippen LogP contribution in [0.3, 0.4) is 0 Å². The number of fused-ring (bicyclic) bond motifs is 1. The number of amides is 2. The lowest BCUT2D eigenvalue weighted by Gasteiger charge is -2.31. The van der Waals surface area contributed by atoms with E-state index in [0.29, 0.717) is 18.8 Å². The Hall–Kier alpha value is -1.93. The van der Waals surface area contributed by atoms with Gasteiger partial charge in [0.2, 0.25) is 5.91 Å². The molecule has 0 radical (unpaired) electrons. The molecule has 7 nitrogen and oxygen atoms in total. The normalized spacial score (nSPS) is 21.9. The van der Waals surface area contributed by atoms with E-state index in [2.05, 4.69) is 9.88 Å². The van der Waals surface area contributed by atoms with Gasteiger partial charge in [-0.25, -0.2) is 4.98 Å². The summed E-state index contributed by atoms with van der Waals surface area (Å²) in [5.41, 5.74) is 6.99. The fourth-order valence-corrected chi connectivity index (χ4v) is 4.60. The molecule has 0 bridgehead atoms. The van der Waals surface area contributed by atoms with E-state index >= 15 is 0 Å². The van der Waals surface area contributed by atoms with E-state index in [1.165, 1.54) is 11.3 Å². The highest BCUT2D eigenvalue weighted by molar-refractivity contribution is 7.15. The first kappa shape index (κ1) is 16.5. The number of hydrogen-bond donors (Lipinski definition) is 1. The van der Waals surface area contributed by atoms with Gasteiger partial charge < -0.3 is 10.6 Å². The summed E-state index contributed by atoms with van der Waals surface area (Å²) in [7, 11) is 0. The predicted molar refractivity (Wildman–Crippen MR) is 95.4 cm³/mol. The molecule has 25 heavy (non-hydrogen) atoms. The maximum absolute atomic E-state index is 12.9. The number of nitrogens with two attached hydrogens (primary N) is 1. The number of piperidine rings is 1. The van der Waals surface area contributed by atoms with E-state index in [0.717, 1.165) is 56.0 Å². The van der Waals surface area contributed by atoms with Gasteiger partial charge in [-0.05, 0) is 32.2 Å². The van der Waals surface area contributed by atoms with E-state index in [-0.39, 0.29) is 17.7 Å². The minimum atomic E-state index is -0.230. The van der Waals surface area contributed by atoms with Crippen molar-refractivity contribution in [3.63, 3.8) is 0 Å². The average molecular weight is 361 g/mol. The largest absolute Gasteiger partial charge is 0.369 e. The Morgan fingerprint density at radius 2 is 2.04 bits per heavy atom. The monoisotopic (exact) mass is 361 g/mol. The summed E-state index contributed by atoms with van der Waals surface area (Å²) in [5.74, 6) is -0.295. The number of imidazole rings is 1. The molecule has 2 amide bonds. The van der Waals surface area contributed by atoms with Gasteiger partial charge in [0.15, 0.2) is 10.7 Å². The van der Waals surface area contributed by atoms with E-state index in [1.807, 2.05) is 20.9 Å². The predicted octanol–water partition coefficient (Wildman–Crippen LogP) is 1.33. The lowest BCUT2D eigenvalue weighted by atomic mass is 9.97. The summed E-state index contributed by atoms with van der Waals surface area (Å²) >= 11 is 1.54. The van der Waals surface area contributed by atoms with Gasteiger partial charge in [0.1, 0.15) is 0 Å². The molecule has 2 fully saturated rings. The topological polar surface area (TPSA) is 83.9 Å². The van der Waals surface area contributed by atoms with Crippen molar-refractivity contribution in [2.45, 2.75) is 32.2 Å². The zero-order chi connectivity index (χ0) is 17.4. The molecule has 2 aromatic heterocycles. The van der Waals surface area contributed by atoms with Gasteiger partial charge >= 0.3 is 0 Å². The van der Waals surface area contributed by atoms with Crippen LogP contribution in [0.25, 0.3) is 4.96 Å². The molecule has 0 aliphatic carbocycles. The van der Waals surface area contributed by atoms with Crippen molar-refractivity contribution in [1.29, 1.82) is 0 Å². The SMILES string of the molecule is NC(=O)C1CCCN(Cc2c(C(=O)N3CCCC3)nc3sccn23)C1. The second-order valence-electron chi connectivity index (χ2n) is 6.94. The Morgan fingerprint density at radius 3 is 2.80 bits per heavy atom. The Labute approximate surface area is 150 Å². The van der Waals surface area contributed by atoms with Crippen molar-refractivity contribution in [2.24, 2.45) is 11.7 Å². The second kappa shape index (κ2) is 6.76. The van der Waals surface area contributed by atoms with Gasteiger partial charge in [0.05, 0.1) is 11.6 Å². The summed E-state index contributed by atoms with van der Waals surface area (Å²) < 4.78 is 2.02. The van der Waals surface area contributed by atoms with E-state index in [1.54, 1.807) is 0 Å². The van der Waals surface area contributed by atoms with Gasteiger partial charge in [-0.3, -0.25) is 18.9 Å². The van der Waals surface area contributed by atoms with Crippen molar-refractivity contribution in [1.82, 2.24) is 19.2 Å². The quantitative estimate of drug-likeness (QED) is 0.890. The molecule has 1 atom stereocenters. The van der Waals surface area contributed by atoms with Crippen LogP contribution in [0.1, 0.15) is 41.9 Å². The number of thiazole rings is 1. The third-order valence-electron chi connectivity index (χ3n) is 5.24. The van der Waals surface area contributed by atoms with Crippen LogP contribution in [0.15, 0.2) is 11.6 Å². The van der Waals surface area contributed by atoms with Gasteiger partial charge in [0, 0.05) is 37.8 Å². The number of primary amides is 1. The molecule has 2 saturated heterocycles. The van der Waals surface area contributed by atoms with Crippen LogP contribution in [0.4, 0.5) is 0 Å². The molecule has 4 rings (SSSR count). The molecule has 0 saturated carbocycles. The zero-order valence-corrected chi connectivity index (χ0v) is 15.0. The summed E-state index contributed by atoms with van der Waals surface area (Å²) in [6.45, 7) is 3.83. The zero-order valence-electron chi connectivity index (χ0n) is 14.2. The van der Waals surface area contributed by atoms with Crippen LogP contribution in [0.5, 0.6) is 0 Å². The van der Waals surface area contributed by atoms with Crippen molar-refractivity contribution in [2.75, 3.05) is 26.2 Å². The highest BCUT2D eigenvalue weighted by Crippen LogP contribution is 2.24. The molecule has 2 aliphatic heterocycles. The summed E-state index contributed by atoms with van der Waals surface area (Å²) in [4.78, 5) is 34.0. The van der Waals surface area contributed by atoms with Gasteiger partial charge in [-0.1, -0.05) is 0 Å². The Kier molecular flexibility index (Phi) is 4.47. The third-order valence-corrected chi connectivity index (χ3v) is 5.99. The molecule has 2 aromatic rings. The number of hydrogen-bond acceptors (Lipinski definition) is 5. The maximum atomic E-state index is 12.9. The number of carbonyl (C=O) groups excluding carboxylic acids is 2. The first-order valence-corrected chi connectivity index (χ1v) is 9.77. The van der Waals surface area contributed by atoms with Gasteiger partial charge in [-0.15, -0.1) is 11.3 Å². The molecular weight excluding hydrogens is 338 g/mol. The summed E-state index contributed by atoms with van der Waals surface area (Å²) in [6, 6.07) is 0. The van der Waals surface area contributed by atoms with Gasteiger partial charge in [-0.2, -0.15) is 0 Å². The maximum Gasteiger partial charge on any atom is 0.274 e. The van der Waals surface area contributed by atoms with Crippen LogP contribution in [-0.2, 0) is 11.3 Å². The lowest BCUT2D eigenvalue weighted by molar-refractivity contribution is -0.123. The van der Waals surface area contributed by atoms with Crippen molar-refractivity contribution in [3.05, 3.63) is 23.0 Å². The van der Waals surface area contributed by atoms with Crippen molar-refractivity contribution >= 4 is 28.1 Å². The lowest BCUT2D eigenvalue weighted by Crippen LogP contribution is -2.41. The highest BCUT2D eigenvalue weighted by Gasteiger charge is 2.29. The summed E-state index contributed by atoms with van der Waals surface area (Å²) in [5, 5.41) is 1.98. The van der Waals surface area contributed by atoms with Crippen LogP contribution in [0.2, 0.25) is 0 Å². The minimum Gasteiger partial charge on any atom is -0.369 e.